The van der Waals surface area contributed by atoms with E-state index in [9.17, 15) is 4.79 Å². The highest BCUT2D eigenvalue weighted by atomic mass is 16.6. The lowest BCUT2D eigenvalue weighted by molar-refractivity contribution is 0.0165. The lowest BCUT2D eigenvalue weighted by Gasteiger charge is -2.33. The first-order valence-corrected chi connectivity index (χ1v) is 10.4. The molecule has 0 spiro atoms. The van der Waals surface area contributed by atoms with Crippen LogP contribution in [0.3, 0.4) is 0 Å². The third kappa shape index (κ3) is 6.17. The normalized spacial score (nSPS) is 15.2. The number of carbonyl (C=O) groups is 1. The summed E-state index contributed by atoms with van der Waals surface area (Å²) in [6, 6.07) is 8.28. The van der Waals surface area contributed by atoms with Crippen LogP contribution in [0.4, 0.5) is 4.79 Å². The summed E-state index contributed by atoms with van der Waals surface area (Å²) in [5, 5.41) is 0. The Balaban J connectivity index is 1.47. The Morgan fingerprint density at radius 2 is 1.86 bits per heavy atom. The fourth-order valence-electron chi connectivity index (χ4n) is 3.29. The Morgan fingerprint density at radius 3 is 2.48 bits per heavy atom. The van der Waals surface area contributed by atoms with Gasteiger partial charge in [0.2, 0.25) is 0 Å². The number of benzene rings is 1. The highest BCUT2D eigenvalue weighted by Gasteiger charge is 2.27. The number of aromatic nitrogens is 2. The smallest absolute Gasteiger partial charge is 0.410 e. The summed E-state index contributed by atoms with van der Waals surface area (Å²) in [5.74, 6) is 1.79. The van der Waals surface area contributed by atoms with E-state index >= 15 is 0 Å². The topological polar surface area (TPSA) is 64.5 Å². The number of hydrogen-bond donors (Lipinski definition) is 0. The number of hydrogen-bond acceptors (Lipinski definition) is 5. The highest BCUT2D eigenvalue weighted by Crippen LogP contribution is 2.22. The molecule has 0 bridgehead atoms. The number of ether oxygens (including phenoxy) is 2. The van der Waals surface area contributed by atoms with Crippen LogP contribution in [0.5, 0.6) is 5.75 Å². The van der Waals surface area contributed by atoms with Crippen LogP contribution in [-0.2, 0) is 11.2 Å². The van der Waals surface area contributed by atoms with E-state index < -0.39 is 5.60 Å². The molecule has 0 unspecified atom stereocenters. The van der Waals surface area contributed by atoms with Crippen LogP contribution in [0.2, 0.25) is 0 Å². The van der Waals surface area contributed by atoms with Crippen LogP contribution in [0.25, 0.3) is 11.4 Å². The van der Waals surface area contributed by atoms with Gasteiger partial charge in [0.1, 0.15) is 5.60 Å². The minimum atomic E-state index is -0.457. The van der Waals surface area contributed by atoms with Crippen LogP contribution < -0.4 is 4.74 Å². The summed E-state index contributed by atoms with van der Waals surface area (Å²) >= 11 is 0. The molecule has 0 aliphatic carbocycles. The van der Waals surface area contributed by atoms with Gasteiger partial charge in [-0.25, -0.2) is 14.8 Å². The largest absolute Gasteiger partial charge is 0.490 e. The third-order valence-corrected chi connectivity index (χ3v) is 4.97. The number of piperidine rings is 1. The van der Waals surface area contributed by atoms with Gasteiger partial charge in [0, 0.05) is 18.7 Å². The zero-order chi connectivity index (χ0) is 20.9. The Hall–Kier alpha value is -2.63. The standard InChI is InChI=1S/C23H31N3O3/c1-5-17-7-6-8-19(13-17)21-24-14-20(15-25-21)28-16-18-9-11-26(12-10-18)22(27)29-23(2,3)4/h6-8,13-15,18H,5,9-12,16H2,1-4H3. The maximum Gasteiger partial charge on any atom is 0.410 e. The van der Waals surface area contributed by atoms with Crippen molar-refractivity contribution in [1.82, 2.24) is 14.9 Å². The molecular formula is C23H31N3O3. The quantitative estimate of drug-likeness (QED) is 0.730. The van der Waals surface area contributed by atoms with Crippen molar-refractivity contribution < 1.29 is 14.3 Å². The fourth-order valence-corrected chi connectivity index (χ4v) is 3.29. The van der Waals surface area contributed by atoms with Crippen molar-refractivity contribution >= 4 is 6.09 Å². The van der Waals surface area contributed by atoms with Gasteiger partial charge in [0.25, 0.3) is 0 Å². The molecule has 1 aliphatic rings. The summed E-state index contributed by atoms with van der Waals surface area (Å²) in [7, 11) is 0. The Labute approximate surface area is 173 Å². The van der Waals surface area contributed by atoms with Crippen LogP contribution in [0, 0.1) is 5.92 Å². The van der Waals surface area contributed by atoms with Crippen LogP contribution in [-0.4, -0.2) is 46.3 Å². The first-order valence-electron chi connectivity index (χ1n) is 10.4. The molecule has 0 N–H and O–H groups in total. The summed E-state index contributed by atoms with van der Waals surface area (Å²) in [5.41, 5.74) is 1.83. The molecule has 1 aromatic heterocycles. The lowest BCUT2D eigenvalue weighted by atomic mass is 9.98. The molecule has 0 atom stereocenters. The molecule has 1 fully saturated rings. The number of aryl methyl sites for hydroxylation is 1. The molecule has 0 radical (unpaired) electrons. The van der Waals surface area contributed by atoms with Crippen molar-refractivity contribution in [2.75, 3.05) is 19.7 Å². The van der Waals surface area contributed by atoms with Gasteiger partial charge in [-0.3, -0.25) is 0 Å². The maximum atomic E-state index is 12.1. The molecule has 6 heteroatoms. The second-order valence-electron chi connectivity index (χ2n) is 8.52. The minimum absolute atomic E-state index is 0.229. The van der Waals surface area contributed by atoms with Gasteiger partial charge >= 0.3 is 6.09 Å². The average molecular weight is 398 g/mol. The number of rotatable bonds is 5. The van der Waals surface area contributed by atoms with Gasteiger partial charge in [0.15, 0.2) is 11.6 Å². The van der Waals surface area contributed by atoms with E-state index in [0.717, 1.165) is 24.8 Å². The fraction of sp³-hybridized carbons (Fsp3) is 0.522. The van der Waals surface area contributed by atoms with E-state index in [1.54, 1.807) is 17.3 Å². The van der Waals surface area contributed by atoms with Crippen molar-refractivity contribution in [1.29, 1.82) is 0 Å². The zero-order valence-corrected chi connectivity index (χ0v) is 17.9. The van der Waals surface area contributed by atoms with Gasteiger partial charge in [0.05, 0.1) is 19.0 Å². The summed E-state index contributed by atoms with van der Waals surface area (Å²) in [4.78, 5) is 22.8. The van der Waals surface area contributed by atoms with Gasteiger partial charge in [-0.1, -0.05) is 25.1 Å². The predicted octanol–water partition coefficient (Wildman–Crippen LogP) is 4.73. The minimum Gasteiger partial charge on any atom is -0.490 e. The molecule has 156 valence electrons. The Morgan fingerprint density at radius 1 is 1.17 bits per heavy atom. The van der Waals surface area contributed by atoms with E-state index in [1.165, 1.54) is 5.56 Å². The van der Waals surface area contributed by atoms with Crippen molar-refractivity contribution in [2.24, 2.45) is 5.92 Å². The lowest BCUT2D eigenvalue weighted by Crippen LogP contribution is -2.42. The van der Waals surface area contributed by atoms with Gasteiger partial charge < -0.3 is 14.4 Å². The number of carbonyl (C=O) groups excluding carboxylic acids is 1. The van der Waals surface area contributed by atoms with E-state index in [1.807, 2.05) is 32.9 Å². The molecule has 1 saturated heterocycles. The molecule has 6 nitrogen and oxygen atoms in total. The maximum absolute atomic E-state index is 12.1. The predicted molar refractivity (Wildman–Crippen MR) is 113 cm³/mol. The SMILES string of the molecule is CCc1cccc(-c2ncc(OCC3CCN(C(=O)OC(C)(C)C)CC3)cn2)c1. The Kier molecular flexibility index (Phi) is 6.72. The van der Waals surface area contributed by atoms with Crippen molar-refractivity contribution in [2.45, 2.75) is 52.6 Å². The second kappa shape index (κ2) is 9.25. The van der Waals surface area contributed by atoms with E-state index in [0.29, 0.717) is 37.2 Å². The summed E-state index contributed by atoms with van der Waals surface area (Å²) < 4.78 is 11.3. The van der Waals surface area contributed by atoms with E-state index in [2.05, 4.69) is 29.0 Å². The third-order valence-electron chi connectivity index (χ3n) is 4.97. The monoisotopic (exact) mass is 397 g/mol. The van der Waals surface area contributed by atoms with Crippen molar-refractivity contribution in [3.8, 4) is 17.1 Å². The van der Waals surface area contributed by atoms with E-state index in [-0.39, 0.29) is 6.09 Å². The molecule has 29 heavy (non-hydrogen) atoms. The molecule has 2 aromatic rings. The Bertz CT molecular complexity index is 807. The number of likely N-dealkylation sites (tertiary alicyclic amines) is 1. The average Bonchev–Trinajstić information content (AvgIpc) is 2.72. The van der Waals surface area contributed by atoms with Crippen molar-refractivity contribution in [3.05, 3.63) is 42.2 Å². The second-order valence-corrected chi connectivity index (χ2v) is 8.52. The van der Waals surface area contributed by atoms with Gasteiger partial charge in [-0.15, -0.1) is 0 Å². The molecule has 1 aromatic carbocycles. The van der Waals surface area contributed by atoms with Crippen molar-refractivity contribution in [3.63, 3.8) is 0 Å². The number of amides is 1. The molecule has 2 heterocycles. The zero-order valence-electron chi connectivity index (χ0n) is 17.9. The molecular weight excluding hydrogens is 366 g/mol. The summed E-state index contributed by atoms with van der Waals surface area (Å²) in [6.45, 7) is 9.81. The van der Waals surface area contributed by atoms with Crippen LogP contribution >= 0.6 is 0 Å². The van der Waals surface area contributed by atoms with Crippen LogP contribution in [0.1, 0.15) is 46.1 Å². The summed E-state index contributed by atoms with van der Waals surface area (Å²) in [6.07, 6.45) is 6.03. The molecule has 0 saturated carbocycles. The molecule has 3 rings (SSSR count). The first kappa shape index (κ1) is 21.1. The van der Waals surface area contributed by atoms with Gasteiger partial charge in [-0.2, -0.15) is 0 Å². The molecule has 1 aliphatic heterocycles. The van der Waals surface area contributed by atoms with E-state index in [4.69, 9.17) is 9.47 Å². The van der Waals surface area contributed by atoms with Crippen LogP contribution in [0.15, 0.2) is 36.7 Å². The van der Waals surface area contributed by atoms with Gasteiger partial charge in [-0.05, 0) is 57.6 Å². The first-order chi connectivity index (χ1) is 13.8. The number of nitrogens with zero attached hydrogens (tertiary/aromatic N) is 3. The molecule has 1 amide bonds. The highest BCUT2D eigenvalue weighted by molar-refractivity contribution is 5.68.